The number of amides is 1. The highest BCUT2D eigenvalue weighted by molar-refractivity contribution is 6.01. The van der Waals surface area contributed by atoms with E-state index in [1.807, 2.05) is 31.2 Å². The Bertz CT molecular complexity index is 1170. The van der Waals surface area contributed by atoms with Crippen molar-refractivity contribution >= 4 is 11.9 Å². The standard InChI is InChI=1S/C22H19FN4O3/c1-15-6-2-5-9-19(15)29-13-17-10-11-20(30-17)21(28)25-22-24-14-27(26-22)12-16-7-3-4-8-18(16)23/h2-11,14H,12-13H2,1H3,(H,25,26,28). The summed E-state index contributed by atoms with van der Waals surface area (Å²) in [5.41, 5.74) is 1.49. The molecule has 0 saturated heterocycles. The second kappa shape index (κ2) is 8.60. The molecule has 30 heavy (non-hydrogen) atoms. The van der Waals surface area contributed by atoms with Crippen LogP contribution in [0.25, 0.3) is 0 Å². The average Bonchev–Trinajstić information content (AvgIpc) is 3.39. The number of halogens is 1. The maximum absolute atomic E-state index is 13.8. The van der Waals surface area contributed by atoms with E-state index < -0.39 is 5.91 Å². The number of para-hydroxylation sites is 1. The number of nitrogens with one attached hydrogen (secondary N) is 1. The van der Waals surface area contributed by atoms with Crippen LogP contribution >= 0.6 is 0 Å². The number of aromatic nitrogens is 3. The molecule has 0 unspecified atom stereocenters. The first-order valence-corrected chi connectivity index (χ1v) is 9.30. The van der Waals surface area contributed by atoms with Crippen LogP contribution in [0, 0.1) is 12.7 Å². The van der Waals surface area contributed by atoms with Crippen LogP contribution in [0.4, 0.5) is 10.3 Å². The summed E-state index contributed by atoms with van der Waals surface area (Å²) in [4.78, 5) is 16.4. The smallest absolute Gasteiger partial charge is 0.293 e. The van der Waals surface area contributed by atoms with E-state index in [0.717, 1.165) is 11.3 Å². The van der Waals surface area contributed by atoms with E-state index in [0.29, 0.717) is 11.3 Å². The van der Waals surface area contributed by atoms with Crippen molar-refractivity contribution in [2.45, 2.75) is 20.1 Å². The molecule has 2 heterocycles. The predicted molar refractivity (Wildman–Crippen MR) is 108 cm³/mol. The summed E-state index contributed by atoms with van der Waals surface area (Å²) in [5, 5.41) is 6.71. The first kappa shape index (κ1) is 19.4. The first-order chi connectivity index (χ1) is 14.6. The minimum atomic E-state index is -0.485. The minimum absolute atomic E-state index is 0.102. The Morgan fingerprint density at radius 3 is 2.77 bits per heavy atom. The van der Waals surface area contributed by atoms with Gasteiger partial charge in [-0.3, -0.25) is 10.1 Å². The van der Waals surface area contributed by atoms with Gasteiger partial charge in [-0.1, -0.05) is 36.4 Å². The summed E-state index contributed by atoms with van der Waals surface area (Å²) < 4.78 is 26.5. The molecule has 0 saturated carbocycles. The maximum atomic E-state index is 13.8. The third kappa shape index (κ3) is 4.54. The van der Waals surface area contributed by atoms with Gasteiger partial charge in [-0.25, -0.2) is 14.1 Å². The van der Waals surface area contributed by atoms with Gasteiger partial charge in [0, 0.05) is 5.56 Å². The summed E-state index contributed by atoms with van der Waals surface area (Å²) in [5.74, 6) is 0.677. The van der Waals surface area contributed by atoms with Gasteiger partial charge in [-0.05, 0) is 36.8 Å². The number of rotatable bonds is 7. The van der Waals surface area contributed by atoms with E-state index in [-0.39, 0.29) is 30.7 Å². The predicted octanol–water partition coefficient (Wildman–Crippen LogP) is 4.20. The molecule has 0 atom stereocenters. The van der Waals surface area contributed by atoms with E-state index in [4.69, 9.17) is 9.15 Å². The van der Waals surface area contributed by atoms with Gasteiger partial charge in [0.15, 0.2) is 5.76 Å². The van der Waals surface area contributed by atoms with Gasteiger partial charge < -0.3 is 9.15 Å². The van der Waals surface area contributed by atoms with Gasteiger partial charge in [0.25, 0.3) is 5.91 Å². The van der Waals surface area contributed by atoms with Crippen molar-refractivity contribution in [3.05, 3.63) is 95.5 Å². The van der Waals surface area contributed by atoms with E-state index in [2.05, 4.69) is 15.4 Å². The zero-order chi connectivity index (χ0) is 20.9. The molecule has 0 spiro atoms. The van der Waals surface area contributed by atoms with Crippen LogP contribution in [0.3, 0.4) is 0 Å². The lowest BCUT2D eigenvalue weighted by Crippen LogP contribution is -2.12. The second-order valence-electron chi connectivity index (χ2n) is 6.63. The van der Waals surface area contributed by atoms with E-state index >= 15 is 0 Å². The summed E-state index contributed by atoms with van der Waals surface area (Å²) in [6.07, 6.45) is 1.42. The molecule has 2 aromatic carbocycles. The third-order valence-corrected chi connectivity index (χ3v) is 4.40. The highest BCUT2D eigenvalue weighted by Gasteiger charge is 2.14. The van der Waals surface area contributed by atoms with Gasteiger partial charge in [0.2, 0.25) is 5.95 Å². The highest BCUT2D eigenvalue weighted by atomic mass is 19.1. The summed E-state index contributed by atoms with van der Waals surface area (Å²) in [7, 11) is 0. The minimum Gasteiger partial charge on any atom is -0.485 e. The quantitative estimate of drug-likeness (QED) is 0.497. The second-order valence-corrected chi connectivity index (χ2v) is 6.63. The Balaban J connectivity index is 1.35. The van der Waals surface area contributed by atoms with Crippen molar-refractivity contribution in [1.29, 1.82) is 0 Å². The molecule has 0 aliphatic rings. The summed E-state index contributed by atoms with van der Waals surface area (Å²) in [6, 6.07) is 17.3. The molecule has 7 nitrogen and oxygen atoms in total. The number of furan rings is 1. The zero-order valence-electron chi connectivity index (χ0n) is 16.2. The third-order valence-electron chi connectivity index (χ3n) is 4.40. The molecule has 0 radical (unpaired) electrons. The summed E-state index contributed by atoms with van der Waals surface area (Å²) in [6.45, 7) is 2.36. The van der Waals surface area contributed by atoms with Crippen molar-refractivity contribution in [1.82, 2.24) is 14.8 Å². The van der Waals surface area contributed by atoms with Crippen LogP contribution < -0.4 is 10.1 Å². The molecule has 4 aromatic rings. The Morgan fingerprint density at radius 1 is 1.13 bits per heavy atom. The van der Waals surface area contributed by atoms with Crippen molar-refractivity contribution < 1.29 is 18.3 Å². The Kier molecular flexibility index (Phi) is 5.56. The summed E-state index contributed by atoms with van der Waals surface area (Å²) >= 11 is 0. The number of carbonyl (C=O) groups excluding carboxylic acids is 1. The zero-order valence-corrected chi connectivity index (χ0v) is 16.2. The lowest BCUT2D eigenvalue weighted by molar-refractivity contribution is 0.0991. The van der Waals surface area contributed by atoms with Gasteiger partial charge in [0.05, 0.1) is 6.54 Å². The first-order valence-electron chi connectivity index (χ1n) is 9.30. The number of ether oxygens (including phenoxy) is 1. The van der Waals surface area contributed by atoms with E-state index in [1.165, 1.54) is 17.1 Å². The van der Waals surface area contributed by atoms with Crippen LogP contribution in [0.2, 0.25) is 0 Å². The molecule has 1 N–H and O–H groups in total. The molecule has 152 valence electrons. The molecule has 8 heteroatoms. The fourth-order valence-electron chi connectivity index (χ4n) is 2.84. The molecule has 0 aliphatic carbocycles. The van der Waals surface area contributed by atoms with Crippen molar-refractivity contribution in [2.24, 2.45) is 0 Å². The topological polar surface area (TPSA) is 82.2 Å². The van der Waals surface area contributed by atoms with Crippen molar-refractivity contribution in [3.63, 3.8) is 0 Å². The van der Waals surface area contributed by atoms with Crippen LogP contribution in [0.1, 0.15) is 27.4 Å². The number of carbonyl (C=O) groups is 1. The Hall–Kier alpha value is -3.94. The molecule has 2 aromatic heterocycles. The number of hydrogen-bond acceptors (Lipinski definition) is 5. The maximum Gasteiger partial charge on any atom is 0.293 e. The van der Waals surface area contributed by atoms with Crippen LogP contribution in [-0.2, 0) is 13.2 Å². The number of hydrogen-bond donors (Lipinski definition) is 1. The molecule has 0 aliphatic heterocycles. The Morgan fingerprint density at radius 2 is 1.93 bits per heavy atom. The van der Waals surface area contributed by atoms with Crippen LogP contribution in [-0.4, -0.2) is 20.7 Å². The van der Waals surface area contributed by atoms with E-state index in [9.17, 15) is 9.18 Å². The molecule has 4 rings (SSSR count). The fraction of sp³-hybridized carbons (Fsp3) is 0.136. The van der Waals surface area contributed by atoms with E-state index in [1.54, 1.807) is 30.3 Å². The fourth-order valence-corrected chi connectivity index (χ4v) is 2.84. The Labute approximate surface area is 172 Å². The monoisotopic (exact) mass is 406 g/mol. The van der Waals surface area contributed by atoms with Gasteiger partial charge in [0.1, 0.15) is 30.3 Å². The lowest BCUT2D eigenvalue weighted by Gasteiger charge is -2.06. The van der Waals surface area contributed by atoms with Gasteiger partial charge in [-0.15, -0.1) is 5.10 Å². The van der Waals surface area contributed by atoms with Gasteiger partial charge >= 0.3 is 0 Å². The molecule has 1 amide bonds. The molecule has 0 bridgehead atoms. The molecule has 0 fully saturated rings. The largest absolute Gasteiger partial charge is 0.485 e. The SMILES string of the molecule is Cc1ccccc1OCc1ccc(C(=O)Nc2ncn(Cc3ccccc3F)n2)o1. The number of aryl methyl sites for hydroxylation is 1. The number of anilines is 1. The van der Waals surface area contributed by atoms with Crippen molar-refractivity contribution in [3.8, 4) is 5.75 Å². The highest BCUT2D eigenvalue weighted by Crippen LogP contribution is 2.19. The normalized spacial score (nSPS) is 10.7. The molecular weight excluding hydrogens is 387 g/mol. The lowest BCUT2D eigenvalue weighted by atomic mass is 10.2. The van der Waals surface area contributed by atoms with Crippen LogP contribution in [0.15, 0.2) is 71.4 Å². The number of nitrogens with zero attached hydrogens (tertiary/aromatic N) is 3. The number of benzene rings is 2. The van der Waals surface area contributed by atoms with Crippen LogP contribution in [0.5, 0.6) is 5.75 Å². The van der Waals surface area contributed by atoms with Crippen molar-refractivity contribution in [2.75, 3.05) is 5.32 Å². The average molecular weight is 406 g/mol. The molecular formula is C22H19FN4O3. The van der Waals surface area contributed by atoms with Gasteiger partial charge in [-0.2, -0.15) is 0 Å².